The van der Waals surface area contributed by atoms with Crippen LogP contribution in [0.2, 0.25) is 0 Å². The summed E-state index contributed by atoms with van der Waals surface area (Å²) in [4.78, 5) is 0. The third-order valence-corrected chi connectivity index (χ3v) is 3.50. The maximum atomic E-state index is 9.46. The Morgan fingerprint density at radius 1 is 1.35 bits per heavy atom. The minimum atomic E-state index is 0.383. The zero-order chi connectivity index (χ0) is 12.3. The number of phenols is 1. The summed E-state index contributed by atoms with van der Waals surface area (Å²) in [5.74, 6) is 1.10. The second-order valence-electron chi connectivity index (χ2n) is 5.87. The van der Waals surface area contributed by atoms with Gasteiger partial charge in [-0.1, -0.05) is 26.0 Å². The lowest BCUT2D eigenvalue weighted by Gasteiger charge is -2.17. The molecule has 0 aliphatic heterocycles. The van der Waals surface area contributed by atoms with Gasteiger partial charge in [-0.05, 0) is 54.8 Å². The number of phenolic OH excluding ortho intramolecular Hbond substituents is 1. The van der Waals surface area contributed by atoms with E-state index in [9.17, 15) is 5.11 Å². The highest BCUT2D eigenvalue weighted by Gasteiger charge is 2.41. The topological polar surface area (TPSA) is 32.3 Å². The Balaban J connectivity index is 1.85. The van der Waals surface area contributed by atoms with Gasteiger partial charge < -0.3 is 10.4 Å². The zero-order valence-electron chi connectivity index (χ0n) is 10.9. The largest absolute Gasteiger partial charge is 0.508 e. The van der Waals surface area contributed by atoms with E-state index in [-0.39, 0.29) is 0 Å². The van der Waals surface area contributed by atoms with Gasteiger partial charge in [-0.2, -0.15) is 0 Å². The van der Waals surface area contributed by atoms with E-state index in [1.165, 1.54) is 18.4 Å². The zero-order valence-corrected chi connectivity index (χ0v) is 10.9. The molecule has 0 atom stereocenters. The summed E-state index contributed by atoms with van der Waals surface area (Å²) in [6.07, 6.45) is 3.72. The van der Waals surface area contributed by atoms with Crippen molar-refractivity contribution in [1.82, 2.24) is 5.32 Å². The van der Waals surface area contributed by atoms with Crippen LogP contribution < -0.4 is 5.32 Å². The molecule has 0 spiro atoms. The van der Waals surface area contributed by atoms with Gasteiger partial charge in [-0.15, -0.1) is 0 Å². The van der Waals surface area contributed by atoms with Crippen LogP contribution in [0.3, 0.4) is 0 Å². The minimum absolute atomic E-state index is 0.383. The van der Waals surface area contributed by atoms with Crippen molar-refractivity contribution >= 4 is 0 Å². The number of benzene rings is 1. The molecule has 1 fully saturated rings. The molecule has 2 nitrogen and oxygen atoms in total. The van der Waals surface area contributed by atoms with Crippen LogP contribution in [0.5, 0.6) is 5.75 Å². The number of aromatic hydroxyl groups is 1. The maximum absolute atomic E-state index is 9.46. The van der Waals surface area contributed by atoms with Crippen LogP contribution in [-0.4, -0.2) is 18.2 Å². The summed E-state index contributed by atoms with van der Waals surface area (Å²) in [6.45, 7) is 6.69. The van der Waals surface area contributed by atoms with Crippen molar-refractivity contribution in [2.45, 2.75) is 33.1 Å². The van der Waals surface area contributed by atoms with Crippen molar-refractivity contribution in [1.29, 1.82) is 0 Å². The Bertz CT molecular complexity index is 369. The second-order valence-corrected chi connectivity index (χ2v) is 5.87. The monoisotopic (exact) mass is 233 g/mol. The molecule has 0 unspecified atom stereocenters. The molecule has 2 rings (SSSR count). The number of nitrogens with one attached hydrogen (secondary N) is 1. The molecule has 2 heteroatoms. The molecule has 0 radical (unpaired) electrons. The number of hydrogen-bond donors (Lipinski definition) is 2. The fourth-order valence-electron chi connectivity index (χ4n) is 2.32. The molecule has 0 aromatic heterocycles. The van der Waals surface area contributed by atoms with Crippen molar-refractivity contribution in [2.75, 3.05) is 13.1 Å². The second kappa shape index (κ2) is 5.09. The van der Waals surface area contributed by atoms with E-state index in [1.807, 2.05) is 12.1 Å². The lowest BCUT2D eigenvalue weighted by molar-refractivity contribution is 0.430. The first-order valence-corrected chi connectivity index (χ1v) is 6.58. The third-order valence-electron chi connectivity index (χ3n) is 3.50. The van der Waals surface area contributed by atoms with Crippen LogP contribution in [0.15, 0.2) is 24.3 Å². The standard InChI is InChI=1S/C15H23NO/c1-12(2)10-16-11-15(6-7-15)9-13-4-3-5-14(17)8-13/h3-5,8,12,16-17H,6-7,9-11H2,1-2H3. The van der Waals surface area contributed by atoms with Gasteiger partial charge in [0.2, 0.25) is 0 Å². The van der Waals surface area contributed by atoms with E-state index in [4.69, 9.17) is 0 Å². The first-order chi connectivity index (χ1) is 8.10. The smallest absolute Gasteiger partial charge is 0.115 e. The van der Waals surface area contributed by atoms with Crippen molar-refractivity contribution in [3.05, 3.63) is 29.8 Å². The lowest BCUT2D eigenvalue weighted by atomic mass is 9.96. The molecule has 0 amide bonds. The summed E-state index contributed by atoms with van der Waals surface area (Å²) < 4.78 is 0. The normalized spacial score (nSPS) is 17.4. The molecular formula is C15H23NO. The van der Waals surface area contributed by atoms with Crippen LogP contribution in [0.1, 0.15) is 32.3 Å². The molecule has 1 saturated carbocycles. The minimum Gasteiger partial charge on any atom is -0.508 e. The number of rotatable bonds is 6. The van der Waals surface area contributed by atoms with Crippen LogP contribution in [-0.2, 0) is 6.42 Å². The predicted octanol–water partition coefficient (Wildman–Crippen LogP) is 2.96. The molecule has 1 aliphatic carbocycles. The predicted molar refractivity (Wildman–Crippen MR) is 71.2 cm³/mol. The highest BCUT2D eigenvalue weighted by atomic mass is 16.3. The Morgan fingerprint density at radius 3 is 2.71 bits per heavy atom. The molecule has 17 heavy (non-hydrogen) atoms. The molecule has 0 heterocycles. The fourth-order valence-corrected chi connectivity index (χ4v) is 2.32. The molecule has 1 aromatic carbocycles. The molecule has 1 aromatic rings. The van der Waals surface area contributed by atoms with Crippen LogP contribution in [0, 0.1) is 11.3 Å². The Labute approximate surface area is 104 Å². The van der Waals surface area contributed by atoms with Crippen molar-refractivity contribution in [2.24, 2.45) is 11.3 Å². The molecule has 2 N–H and O–H groups in total. The fraction of sp³-hybridized carbons (Fsp3) is 0.600. The first kappa shape index (κ1) is 12.4. The summed E-state index contributed by atoms with van der Waals surface area (Å²) in [6, 6.07) is 7.67. The van der Waals surface area contributed by atoms with E-state index in [1.54, 1.807) is 6.07 Å². The third kappa shape index (κ3) is 3.74. The first-order valence-electron chi connectivity index (χ1n) is 6.58. The van der Waals surface area contributed by atoms with Crippen molar-refractivity contribution in [3.8, 4) is 5.75 Å². The molecule has 0 bridgehead atoms. The van der Waals surface area contributed by atoms with Crippen LogP contribution >= 0.6 is 0 Å². The van der Waals surface area contributed by atoms with Crippen molar-refractivity contribution < 1.29 is 5.11 Å². The van der Waals surface area contributed by atoms with Gasteiger partial charge >= 0.3 is 0 Å². The average molecular weight is 233 g/mol. The van der Waals surface area contributed by atoms with Gasteiger partial charge in [0, 0.05) is 6.54 Å². The quantitative estimate of drug-likeness (QED) is 0.791. The molecule has 94 valence electrons. The van der Waals surface area contributed by atoms with Gasteiger partial charge in [-0.3, -0.25) is 0 Å². The van der Waals surface area contributed by atoms with Crippen molar-refractivity contribution in [3.63, 3.8) is 0 Å². The van der Waals surface area contributed by atoms with Gasteiger partial charge in [-0.25, -0.2) is 0 Å². The molecular weight excluding hydrogens is 210 g/mol. The van der Waals surface area contributed by atoms with E-state index in [0.717, 1.165) is 19.5 Å². The highest BCUT2D eigenvalue weighted by Crippen LogP contribution is 2.48. The van der Waals surface area contributed by atoms with E-state index in [0.29, 0.717) is 17.1 Å². The maximum Gasteiger partial charge on any atom is 0.115 e. The SMILES string of the molecule is CC(C)CNCC1(Cc2cccc(O)c2)CC1. The summed E-state index contributed by atoms with van der Waals surface area (Å²) >= 11 is 0. The van der Waals surface area contributed by atoms with E-state index in [2.05, 4.69) is 25.2 Å². The van der Waals surface area contributed by atoms with Crippen LogP contribution in [0.25, 0.3) is 0 Å². The summed E-state index contributed by atoms with van der Waals surface area (Å²) in [5, 5.41) is 13.0. The summed E-state index contributed by atoms with van der Waals surface area (Å²) in [5.41, 5.74) is 1.72. The molecule has 0 saturated heterocycles. The van der Waals surface area contributed by atoms with Gasteiger partial charge in [0.05, 0.1) is 0 Å². The lowest BCUT2D eigenvalue weighted by Crippen LogP contribution is -2.28. The van der Waals surface area contributed by atoms with Gasteiger partial charge in [0.15, 0.2) is 0 Å². The summed E-state index contributed by atoms with van der Waals surface area (Å²) in [7, 11) is 0. The Morgan fingerprint density at radius 2 is 2.12 bits per heavy atom. The van der Waals surface area contributed by atoms with E-state index < -0.39 is 0 Å². The van der Waals surface area contributed by atoms with Gasteiger partial charge in [0.1, 0.15) is 5.75 Å². The van der Waals surface area contributed by atoms with E-state index >= 15 is 0 Å². The Hall–Kier alpha value is -1.02. The molecule has 1 aliphatic rings. The Kier molecular flexibility index (Phi) is 3.72. The van der Waals surface area contributed by atoms with Gasteiger partial charge in [0.25, 0.3) is 0 Å². The van der Waals surface area contributed by atoms with Crippen LogP contribution in [0.4, 0.5) is 0 Å². The average Bonchev–Trinajstić information content (AvgIpc) is 2.97. The highest BCUT2D eigenvalue weighted by molar-refractivity contribution is 5.28. The number of hydrogen-bond acceptors (Lipinski definition) is 2.